The standard InChI is InChI=1S/C20H21ClN2.C13H14Cl2N2O/c1-14-22-19-17(20(23-14)10-6-3-7-11-20)12-16(13-18(19)21)15-8-4-2-5-9-15;14-8-4-5-9(15)11-10(8)13(17-12(18)16-11)6-2-1-3-7-13/h2,4-5,8-9,12-13,22-23H,1,3,6-7,10-11H2;4-5H,1-3,6-7H2,(H2,16,17,18). The van der Waals surface area contributed by atoms with Crippen molar-refractivity contribution in [2.24, 2.45) is 0 Å². The van der Waals surface area contributed by atoms with Crippen LogP contribution in [0.25, 0.3) is 11.1 Å². The van der Waals surface area contributed by atoms with Crippen LogP contribution in [-0.2, 0) is 11.1 Å². The molecule has 2 spiro atoms. The summed E-state index contributed by atoms with van der Waals surface area (Å²) in [4.78, 5) is 11.8. The molecule has 0 bridgehead atoms. The van der Waals surface area contributed by atoms with E-state index < -0.39 is 0 Å². The molecule has 3 aromatic carbocycles. The zero-order valence-electron chi connectivity index (χ0n) is 23.0. The lowest BCUT2D eigenvalue weighted by molar-refractivity contribution is 0.209. The van der Waals surface area contributed by atoms with Crippen molar-refractivity contribution in [3.63, 3.8) is 0 Å². The summed E-state index contributed by atoms with van der Waals surface area (Å²) in [7, 11) is 0. The van der Waals surface area contributed by atoms with Gasteiger partial charge >= 0.3 is 6.03 Å². The smallest absolute Gasteiger partial charge is 0.319 e. The van der Waals surface area contributed by atoms with Gasteiger partial charge < -0.3 is 21.3 Å². The van der Waals surface area contributed by atoms with Crippen LogP contribution >= 0.6 is 34.8 Å². The second kappa shape index (κ2) is 11.4. The van der Waals surface area contributed by atoms with Crippen LogP contribution in [0.1, 0.15) is 75.3 Å². The van der Waals surface area contributed by atoms with E-state index in [1.165, 1.54) is 42.4 Å². The number of urea groups is 1. The summed E-state index contributed by atoms with van der Waals surface area (Å²) >= 11 is 19.1. The van der Waals surface area contributed by atoms with Gasteiger partial charge in [-0.25, -0.2) is 4.79 Å². The number of rotatable bonds is 1. The predicted octanol–water partition coefficient (Wildman–Crippen LogP) is 9.94. The monoisotopic (exact) mass is 608 g/mol. The number of hydrogen-bond acceptors (Lipinski definition) is 3. The van der Waals surface area contributed by atoms with Crippen molar-refractivity contribution in [2.75, 3.05) is 10.6 Å². The second-order valence-corrected chi connectivity index (χ2v) is 12.8. The van der Waals surface area contributed by atoms with Gasteiger partial charge in [0.15, 0.2) is 0 Å². The lowest BCUT2D eigenvalue weighted by atomic mass is 9.74. The first-order valence-electron chi connectivity index (χ1n) is 14.5. The molecule has 4 N–H and O–H groups in total. The lowest BCUT2D eigenvalue weighted by Crippen LogP contribution is -2.52. The molecule has 0 saturated heterocycles. The number of amides is 2. The molecule has 2 saturated carbocycles. The van der Waals surface area contributed by atoms with Gasteiger partial charge in [0.25, 0.3) is 0 Å². The van der Waals surface area contributed by atoms with E-state index in [9.17, 15) is 4.79 Å². The van der Waals surface area contributed by atoms with Crippen molar-refractivity contribution in [2.45, 2.75) is 75.3 Å². The molecule has 0 unspecified atom stereocenters. The Labute approximate surface area is 257 Å². The summed E-state index contributed by atoms with van der Waals surface area (Å²) < 4.78 is 0. The highest BCUT2D eigenvalue weighted by molar-refractivity contribution is 6.37. The van der Waals surface area contributed by atoms with Crippen LogP contribution in [0.15, 0.2) is 67.0 Å². The number of anilines is 2. The number of halogens is 3. The minimum atomic E-state index is -0.335. The van der Waals surface area contributed by atoms with Gasteiger partial charge in [0.1, 0.15) is 0 Å². The normalized spacial score (nSPS) is 19.9. The minimum Gasteiger partial charge on any atom is -0.363 e. The molecule has 2 amide bonds. The first kappa shape index (κ1) is 28.3. The zero-order chi connectivity index (χ0) is 28.6. The van der Waals surface area contributed by atoms with Crippen molar-refractivity contribution >= 4 is 52.2 Å². The molecule has 2 heterocycles. The largest absolute Gasteiger partial charge is 0.363 e. The Balaban J connectivity index is 0.000000152. The molecule has 2 fully saturated rings. The van der Waals surface area contributed by atoms with Gasteiger partial charge in [0.2, 0.25) is 0 Å². The molecule has 4 aliphatic rings. The molecule has 214 valence electrons. The molecule has 2 aliphatic heterocycles. The molecule has 0 atom stereocenters. The van der Waals surface area contributed by atoms with Crippen LogP contribution in [-0.4, -0.2) is 6.03 Å². The first-order valence-corrected chi connectivity index (χ1v) is 15.6. The average Bonchev–Trinajstić information content (AvgIpc) is 2.97. The number of benzene rings is 3. The highest BCUT2D eigenvalue weighted by Crippen LogP contribution is 2.49. The molecule has 8 heteroatoms. The quantitative estimate of drug-likeness (QED) is 0.222. The van der Waals surface area contributed by atoms with Gasteiger partial charge in [-0.05, 0) is 61.1 Å². The van der Waals surface area contributed by atoms with Crippen LogP contribution < -0.4 is 21.3 Å². The number of hydrogen-bond donors (Lipinski definition) is 4. The molecule has 7 rings (SSSR count). The zero-order valence-corrected chi connectivity index (χ0v) is 25.3. The Kier molecular flexibility index (Phi) is 7.88. The maximum atomic E-state index is 11.8. The van der Waals surface area contributed by atoms with Gasteiger partial charge in [-0.2, -0.15) is 0 Å². The van der Waals surface area contributed by atoms with Crippen LogP contribution in [0, 0.1) is 0 Å². The fraction of sp³-hybridized carbons (Fsp3) is 0.364. The van der Waals surface area contributed by atoms with E-state index in [4.69, 9.17) is 34.8 Å². The van der Waals surface area contributed by atoms with E-state index in [0.29, 0.717) is 15.7 Å². The fourth-order valence-electron chi connectivity index (χ4n) is 7.09. The SMILES string of the molecule is C=C1Nc2c(Cl)cc(-c3ccccc3)cc2C2(CCCCC2)N1.O=C1Nc2c(Cl)ccc(Cl)c2C2(CCCCC2)N1. The molecule has 0 radical (unpaired) electrons. The van der Waals surface area contributed by atoms with Gasteiger partial charge in [-0.1, -0.05) is 110 Å². The Hall–Kier alpha value is -2.86. The topological polar surface area (TPSA) is 65.2 Å². The summed E-state index contributed by atoms with van der Waals surface area (Å²) in [5.41, 5.74) is 5.96. The van der Waals surface area contributed by atoms with Gasteiger partial charge in [-0.15, -0.1) is 0 Å². The third-order valence-corrected chi connectivity index (χ3v) is 9.89. The number of nitrogens with one attached hydrogen (secondary N) is 4. The maximum absolute atomic E-state index is 11.8. The van der Waals surface area contributed by atoms with Crippen LogP contribution in [0.5, 0.6) is 0 Å². The summed E-state index contributed by atoms with van der Waals surface area (Å²) in [6.45, 7) is 4.10. The molecule has 5 nitrogen and oxygen atoms in total. The Bertz CT molecular complexity index is 1480. The maximum Gasteiger partial charge on any atom is 0.319 e. The van der Waals surface area contributed by atoms with Crippen molar-refractivity contribution in [3.8, 4) is 11.1 Å². The van der Waals surface area contributed by atoms with Crippen molar-refractivity contribution in [1.82, 2.24) is 10.6 Å². The van der Waals surface area contributed by atoms with Gasteiger partial charge in [0.05, 0.1) is 38.3 Å². The van der Waals surface area contributed by atoms with Crippen LogP contribution in [0.2, 0.25) is 15.1 Å². The van der Waals surface area contributed by atoms with E-state index in [-0.39, 0.29) is 17.1 Å². The third-order valence-electron chi connectivity index (χ3n) is 8.97. The Morgan fingerprint density at radius 3 is 1.95 bits per heavy atom. The molecular weight excluding hydrogens is 575 g/mol. The fourth-order valence-corrected chi connectivity index (χ4v) is 7.90. The Morgan fingerprint density at radius 2 is 1.27 bits per heavy atom. The van der Waals surface area contributed by atoms with Gasteiger partial charge in [-0.3, -0.25) is 0 Å². The Morgan fingerprint density at radius 1 is 0.634 bits per heavy atom. The molecule has 0 aromatic heterocycles. The van der Waals surface area contributed by atoms with E-state index in [1.807, 2.05) is 6.07 Å². The van der Waals surface area contributed by atoms with E-state index in [0.717, 1.165) is 60.6 Å². The van der Waals surface area contributed by atoms with Crippen molar-refractivity contribution < 1.29 is 4.79 Å². The lowest BCUT2D eigenvalue weighted by Gasteiger charge is -2.45. The molecular formula is C33H35Cl3N4O. The third kappa shape index (κ3) is 5.40. The number of carbonyl (C=O) groups is 1. The minimum absolute atomic E-state index is 0.0235. The second-order valence-electron chi connectivity index (χ2n) is 11.6. The van der Waals surface area contributed by atoms with Crippen LogP contribution in [0.3, 0.4) is 0 Å². The highest BCUT2D eigenvalue weighted by atomic mass is 35.5. The van der Waals surface area contributed by atoms with Gasteiger partial charge in [0, 0.05) is 16.1 Å². The average molecular weight is 610 g/mol. The van der Waals surface area contributed by atoms with E-state index in [1.54, 1.807) is 12.1 Å². The van der Waals surface area contributed by atoms with E-state index >= 15 is 0 Å². The van der Waals surface area contributed by atoms with Crippen molar-refractivity contribution in [3.05, 3.63) is 93.2 Å². The van der Waals surface area contributed by atoms with Crippen LogP contribution in [0.4, 0.5) is 16.2 Å². The summed E-state index contributed by atoms with van der Waals surface area (Å²) in [5, 5.41) is 14.8. The molecule has 41 heavy (non-hydrogen) atoms. The summed E-state index contributed by atoms with van der Waals surface area (Å²) in [6, 6.07) is 18.1. The molecule has 2 aliphatic carbocycles. The summed E-state index contributed by atoms with van der Waals surface area (Å²) in [5.74, 6) is 0.855. The summed E-state index contributed by atoms with van der Waals surface area (Å²) in [6.07, 6.45) is 11.3. The number of fused-ring (bicyclic) bond motifs is 4. The first-order chi connectivity index (χ1) is 19.8. The van der Waals surface area contributed by atoms with E-state index in [2.05, 4.69) is 64.2 Å². The van der Waals surface area contributed by atoms with Crippen molar-refractivity contribution in [1.29, 1.82) is 0 Å². The number of carbonyl (C=O) groups excluding carboxylic acids is 1. The predicted molar refractivity (Wildman–Crippen MR) is 171 cm³/mol. The molecule has 3 aromatic rings. The highest BCUT2D eigenvalue weighted by Gasteiger charge is 2.43.